The summed E-state index contributed by atoms with van der Waals surface area (Å²) >= 11 is 11.8. The Morgan fingerprint density at radius 3 is 2.52 bits per heavy atom. The summed E-state index contributed by atoms with van der Waals surface area (Å²) in [7, 11) is 0. The Morgan fingerprint density at radius 1 is 1.14 bits per heavy atom. The largest absolute Gasteiger partial charge is 0.478 e. The van der Waals surface area contributed by atoms with Gasteiger partial charge in [-0.3, -0.25) is 0 Å². The fourth-order valence-corrected chi connectivity index (χ4v) is 1.97. The Labute approximate surface area is 130 Å². The van der Waals surface area contributed by atoms with Gasteiger partial charge in [-0.05, 0) is 42.5 Å². The van der Waals surface area contributed by atoms with Gasteiger partial charge in [0.2, 0.25) is 0 Å². The lowest BCUT2D eigenvalue weighted by Crippen LogP contribution is -1.91. The molecule has 3 nitrogen and oxygen atoms in total. The maximum Gasteiger partial charge on any atom is 0.328 e. The number of benzene rings is 2. The smallest absolute Gasteiger partial charge is 0.328 e. The number of rotatable bonds is 4. The SMILES string of the molecule is O=C(O)/C=C/c1cc(Cl)ccc1Oc1ccc(F)cc1Cl. The fourth-order valence-electron chi connectivity index (χ4n) is 1.58. The maximum absolute atomic E-state index is 13.0. The van der Waals surface area contributed by atoms with Gasteiger partial charge >= 0.3 is 5.97 Å². The van der Waals surface area contributed by atoms with Crippen molar-refractivity contribution in [3.63, 3.8) is 0 Å². The van der Waals surface area contributed by atoms with E-state index >= 15 is 0 Å². The quantitative estimate of drug-likeness (QED) is 0.802. The lowest BCUT2D eigenvalue weighted by atomic mass is 10.2. The van der Waals surface area contributed by atoms with Crippen LogP contribution in [0.25, 0.3) is 6.08 Å². The lowest BCUT2D eigenvalue weighted by Gasteiger charge is -2.10. The summed E-state index contributed by atoms with van der Waals surface area (Å²) in [6, 6.07) is 8.43. The van der Waals surface area contributed by atoms with E-state index in [0.29, 0.717) is 16.3 Å². The maximum atomic E-state index is 13.0. The number of carbonyl (C=O) groups is 1. The van der Waals surface area contributed by atoms with E-state index in [9.17, 15) is 9.18 Å². The van der Waals surface area contributed by atoms with Gasteiger partial charge < -0.3 is 9.84 Å². The molecule has 108 valence electrons. The summed E-state index contributed by atoms with van der Waals surface area (Å²) in [5.74, 6) is -0.967. The molecule has 0 saturated heterocycles. The van der Waals surface area contributed by atoms with Gasteiger partial charge in [-0.1, -0.05) is 23.2 Å². The third-order valence-corrected chi connectivity index (χ3v) is 3.02. The van der Waals surface area contributed by atoms with Crippen LogP contribution in [0.4, 0.5) is 4.39 Å². The molecule has 0 fully saturated rings. The Morgan fingerprint density at radius 2 is 1.86 bits per heavy atom. The molecule has 0 aliphatic heterocycles. The molecule has 0 heterocycles. The number of aliphatic carboxylic acids is 1. The molecule has 0 spiro atoms. The van der Waals surface area contributed by atoms with Crippen LogP contribution in [0, 0.1) is 5.82 Å². The van der Waals surface area contributed by atoms with Crippen LogP contribution in [-0.2, 0) is 4.79 Å². The number of carboxylic acid groups (broad SMARTS) is 1. The molecule has 0 radical (unpaired) electrons. The normalized spacial score (nSPS) is 10.8. The minimum atomic E-state index is -1.10. The minimum Gasteiger partial charge on any atom is -0.478 e. The van der Waals surface area contributed by atoms with Crippen LogP contribution >= 0.6 is 23.2 Å². The van der Waals surface area contributed by atoms with E-state index in [0.717, 1.165) is 12.1 Å². The molecule has 0 saturated carbocycles. The highest BCUT2D eigenvalue weighted by atomic mass is 35.5. The minimum absolute atomic E-state index is 0.109. The van der Waals surface area contributed by atoms with Crippen molar-refractivity contribution in [3.05, 3.63) is 63.9 Å². The summed E-state index contributed by atoms with van der Waals surface area (Å²) in [4.78, 5) is 10.6. The van der Waals surface area contributed by atoms with Gasteiger partial charge in [0, 0.05) is 16.7 Å². The number of hydrogen-bond donors (Lipinski definition) is 1. The molecular formula is C15H9Cl2FO3. The van der Waals surface area contributed by atoms with Crippen molar-refractivity contribution in [2.75, 3.05) is 0 Å². The predicted molar refractivity (Wildman–Crippen MR) is 79.6 cm³/mol. The van der Waals surface area contributed by atoms with Crippen molar-refractivity contribution >= 4 is 35.2 Å². The number of ether oxygens (including phenoxy) is 1. The van der Waals surface area contributed by atoms with Gasteiger partial charge in [-0.15, -0.1) is 0 Å². The van der Waals surface area contributed by atoms with Crippen molar-refractivity contribution in [2.45, 2.75) is 0 Å². The van der Waals surface area contributed by atoms with E-state index in [1.807, 2.05) is 0 Å². The Hall–Kier alpha value is -2.04. The van der Waals surface area contributed by atoms with E-state index in [2.05, 4.69) is 0 Å². The Kier molecular flexibility index (Phi) is 4.83. The zero-order valence-corrected chi connectivity index (χ0v) is 12.0. The van der Waals surface area contributed by atoms with Crippen LogP contribution in [0.15, 0.2) is 42.5 Å². The van der Waals surface area contributed by atoms with Gasteiger partial charge in [0.15, 0.2) is 0 Å². The highest BCUT2D eigenvalue weighted by molar-refractivity contribution is 6.32. The second-order valence-electron chi connectivity index (χ2n) is 4.03. The van der Waals surface area contributed by atoms with Gasteiger partial charge in [0.1, 0.15) is 17.3 Å². The van der Waals surface area contributed by atoms with Gasteiger partial charge in [-0.25, -0.2) is 9.18 Å². The fraction of sp³-hybridized carbons (Fsp3) is 0. The van der Waals surface area contributed by atoms with E-state index in [1.54, 1.807) is 18.2 Å². The van der Waals surface area contributed by atoms with Gasteiger partial charge in [0.25, 0.3) is 0 Å². The topological polar surface area (TPSA) is 46.5 Å². The van der Waals surface area contributed by atoms with E-state index in [1.165, 1.54) is 18.2 Å². The molecule has 0 aromatic heterocycles. The van der Waals surface area contributed by atoms with Crippen LogP contribution in [0.5, 0.6) is 11.5 Å². The van der Waals surface area contributed by atoms with Crippen molar-refractivity contribution < 1.29 is 19.0 Å². The molecule has 2 aromatic rings. The zero-order chi connectivity index (χ0) is 15.4. The predicted octanol–water partition coefficient (Wildman–Crippen LogP) is 5.02. The third-order valence-electron chi connectivity index (χ3n) is 2.49. The van der Waals surface area contributed by atoms with Crippen molar-refractivity contribution in [1.29, 1.82) is 0 Å². The zero-order valence-electron chi connectivity index (χ0n) is 10.5. The molecular weight excluding hydrogens is 318 g/mol. The average Bonchev–Trinajstić information content (AvgIpc) is 2.41. The molecule has 0 amide bonds. The first-order chi connectivity index (χ1) is 9.95. The molecule has 2 aromatic carbocycles. The number of carboxylic acids is 1. The molecule has 2 rings (SSSR count). The lowest BCUT2D eigenvalue weighted by molar-refractivity contribution is -0.131. The van der Waals surface area contributed by atoms with Crippen molar-refractivity contribution in [3.8, 4) is 11.5 Å². The van der Waals surface area contributed by atoms with Gasteiger partial charge in [0.05, 0.1) is 5.02 Å². The Bertz CT molecular complexity index is 714. The summed E-state index contributed by atoms with van der Waals surface area (Å²) in [5.41, 5.74) is 0.463. The third kappa shape index (κ3) is 4.21. The molecule has 21 heavy (non-hydrogen) atoms. The molecule has 0 aliphatic rings. The Balaban J connectivity index is 2.37. The van der Waals surface area contributed by atoms with Crippen LogP contribution in [-0.4, -0.2) is 11.1 Å². The van der Waals surface area contributed by atoms with Crippen LogP contribution in [0.2, 0.25) is 10.0 Å². The monoisotopic (exact) mass is 326 g/mol. The summed E-state index contributed by atoms with van der Waals surface area (Å²) in [6.07, 6.45) is 2.31. The van der Waals surface area contributed by atoms with E-state index in [4.69, 9.17) is 33.0 Å². The first-order valence-corrected chi connectivity index (χ1v) is 6.55. The first-order valence-electron chi connectivity index (χ1n) is 5.79. The highest BCUT2D eigenvalue weighted by Gasteiger charge is 2.08. The summed E-state index contributed by atoms with van der Waals surface area (Å²) < 4.78 is 18.6. The molecule has 0 atom stereocenters. The van der Waals surface area contributed by atoms with E-state index < -0.39 is 11.8 Å². The van der Waals surface area contributed by atoms with Crippen molar-refractivity contribution in [2.24, 2.45) is 0 Å². The first kappa shape index (κ1) is 15.4. The molecule has 0 unspecified atom stereocenters. The van der Waals surface area contributed by atoms with Gasteiger partial charge in [-0.2, -0.15) is 0 Å². The number of halogens is 3. The van der Waals surface area contributed by atoms with Crippen LogP contribution < -0.4 is 4.74 Å². The van der Waals surface area contributed by atoms with Crippen LogP contribution in [0.3, 0.4) is 0 Å². The van der Waals surface area contributed by atoms with E-state index in [-0.39, 0.29) is 10.8 Å². The molecule has 0 bridgehead atoms. The molecule has 6 heteroatoms. The summed E-state index contributed by atoms with van der Waals surface area (Å²) in [6.45, 7) is 0. The second-order valence-corrected chi connectivity index (χ2v) is 4.87. The highest BCUT2D eigenvalue weighted by Crippen LogP contribution is 2.33. The molecule has 0 aliphatic carbocycles. The second kappa shape index (κ2) is 6.61. The summed E-state index contributed by atoms with van der Waals surface area (Å²) in [5, 5.41) is 9.21. The average molecular weight is 327 g/mol. The standard InChI is InChI=1S/C15H9Cl2FO3/c16-10-2-4-13(9(7-10)1-6-15(19)20)21-14-5-3-11(18)8-12(14)17/h1-8H,(H,19,20)/b6-1+. The number of hydrogen-bond acceptors (Lipinski definition) is 2. The van der Waals surface area contributed by atoms with Crippen molar-refractivity contribution in [1.82, 2.24) is 0 Å². The van der Waals surface area contributed by atoms with Crippen LogP contribution in [0.1, 0.15) is 5.56 Å². The molecule has 1 N–H and O–H groups in total.